The number of benzene rings is 2. The molecule has 0 spiro atoms. The molecule has 0 N–H and O–H groups in total. The maximum Gasteiger partial charge on any atom is 0.352 e. The number of hydrogen-bond donors (Lipinski definition) is 0. The van der Waals surface area contributed by atoms with E-state index in [1.165, 1.54) is 7.05 Å². The van der Waals surface area contributed by atoms with Gasteiger partial charge in [-0.05, 0) is 41.8 Å². The van der Waals surface area contributed by atoms with E-state index >= 15 is 0 Å². The first-order valence-corrected chi connectivity index (χ1v) is 7.71. The van der Waals surface area contributed by atoms with Gasteiger partial charge in [0.2, 0.25) is 0 Å². The lowest BCUT2D eigenvalue weighted by atomic mass is 10.1. The van der Waals surface area contributed by atoms with Crippen LogP contribution in [0.4, 0.5) is 0 Å². The Labute approximate surface area is 141 Å². The van der Waals surface area contributed by atoms with Gasteiger partial charge in [0.15, 0.2) is 5.82 Å². The van der Waals surface area contributed by atoms with Crippen molar-refractivity contribution >= 4 is 22.5 Å². The summed E-state index contributed by atoms with van der Waals surface area (Å²) in [5.74, 6) is 0.337. The highest BCUT2D eigenvalue weighted by Crippen LogP contribution is 2.28. The van der Waals surface area contributed by atoms with Gasteiger partial charge < -0.3 is 0 Å². The van der Waals surface area contributed by atoms with Crippen LogP contribution < -0.4 is 11.2 Å². The number of aromatic nitrogens is 3. The average molecular weight is 338 g/mol. The van der Waals surface area contributed by atoms with Crippen molar-refractivity contribution in [2.24, 2.45) is 7.05 Å². The fraction of sp³-hybridized carbons (Fsp3) is 0.0556. The molecule has 0 unspecified atom stereocenters. The van der Waals surface area contributed by atoms with E-state index in [0.717, 1.165) is 21.2 Å². The lowest BCUT2D eigenvalue weighted by Gasteiger charge is -2.18. The molecule has 5 nitrogen and oxygen atoms in total. The molecule has 0 radical (unpaired) electrons. The summed E-state index contributed by atoms with van der Waals surface area (Å²) >= 11 is 5.98. The number of para-hydroxylation sites is 1. The molecule has 0 atom stereocenters. The smallest absolute Gasteiger partial charge is 0.294 e. The summed E-state index contributed by atoms with van der Waals surface area (Å²) in [6, 6.07) is 16.6. The van der Waals surface area contributed by atoms with Crippen LogP contribution >= 0.6 is 11.6 Å². The molecule has 6 heteroatoms. The van der Waals surface area contributed by atoms with Crippen LogP contribution in [0.3, 0.4) is 0 Å². The van der Waals surface area contributed by atoms with Crippen LogP contribution in [0.15, 0.2) is 64.2 Å². The van der Waals surface area contributed by atoms with Crippen molar-refractivity contribution in [1.29, 1.82) is 0 Å². The molecule has 0 saturated heterocycles. The molecule has 2 aromatic carbocycles. The molecule has 2 aliphatic rings. The number of hydrogen-bond acceptors (Lipinski definition) is 3. The number of fused-ring (bicyclic) bond motifs is 2. The Kier molecular flexibility index (Phi) is 3.25. The Bertz CT molecular complexity index is 1160. The monoisotopic (exact) mass is 337 g/mol. The number of pyridine rings is 1. The normalized spacial score (nSPS) is 11.2. The standard InChI is InChI=1S/C18H12ClN3O2/c1-21-17(23)14-10-11-4-2-3-5-15(11)22(16(14)20-18(21)24)13-8-6-12(19)7-9-13/h2-10H,1H3. The predicted octanol–water partition coefficient (Wildman–Crippen LogP) is 2.84. The molecule has 0 bridgehead atoms. The quantitative estimate of drug-likeness (QED) is 0.502. The first-order valence-electron chi connectivity index (χ1n) is 7.34. The zero-order valence-corrected chi connectivity index (χ0v) is 13.5. The highest BCUT2D eigenvalue weighted by Gasteiger charge is 2.19. The van der Waals surface area contributed by atoms with E-state index in [2.05, 4.69) is 4.98 Å². The third-order valence-electron chi connectivity index (χ3n) is 4.04. The molecule has 2 aliphatic heterocycles. The summed E-state index contributed by atoms with van der Waals surface area (Å²) < 4.78 is 2.83. The van der Waals surface area contributed by atoms with Gasteiger partial charge in [-0.3, -0.25) is 13.9 Å². The second-order valence-corrected chi connectivity index (χ2v) is 5.95. The topological polar surface area (TPSA) is 56.9 Å². The Morgan fingerprint density at radius 1 is 1.00 bits per heavy atom. The van der Waals surface area contributed by atoms with Crippen LogP contribution in [-0.4, -0.2) is 14.1 Å². The molecule has 2 heterocycles. The van der Waals surface area contributed by atoms with E-state index < -0.39 is 5.69 Å². The van der Waals surface area contributed by atoms with Crippen LogP contribution in [0.1, 0.15) is 0 Å². The molecule has 2 aromatic rings. The van der Waals surface area contributed by atoms with Gasteiger partial charge in [0, 0.05) is 17.8 Å². The molecule has 0 fully saturated rings. The van der Waals surface area contributed by atoms with Gasteiger partial charge in [0.1, 0.15) is 0 Å². The SMILES string of the molecule is Cn1c(=O)nc2n(-c3ccc(Cl)cc3)c3ccccc3cc-2c1=O. The Hall–Kier alpha value is -2.92. The molecule has 0 amide bonds. The fourth-order valence-electron chi connectivity index (χ4n) is 2.82. The van der Waals surface area contributed by atoms with Crippen molar-refractivity contribution in [3.05, 3.63) is 80.5 Å². The van der Waals surface area contributed by atoms with Crippen molar-refractivity contribution in [3.8, 4) is 17.1 Å². The fourth-order valence-corrected chi connectivity index (χ4v) is 2.95. The van der Waals surface area contributed by atoms with Crippen molar-refractivity contribution in [2.75, 3.05) is 0 Å². The van der Waals surface area contributed by atoms with Crippen LogP contribution in [0, 0.1) is 0 Å². The summed E-state index contributed by atoms with van der Waals surface area (Å²) in [6.07, 6.45) is 0. The van der Waals surface area contributed by atoms with E-state index in [-0.39, 0.29) is 5.56 Å². The van der Waals surface area contributed by atoms with Crippen molar-refractivity contribution in [3.63, 3.8) is 0 Å². The van der Waals surface area contributed by atoms with Gasteiger partial charge in [0.05, 0.1) is 11.1 Å². The summed E-state index contributed by atoms with van der Waals surface area (Å²) in [4.78, 5) is 28.7. The Morgan fingerprint density at radius 3 is 2.46 bits per heavy atom. The van der Waals surface area contributed by atoms with Gasteiger partial charge >= 0.3 is 5.69 Å². The summed E-state index contributed by atoms with van der Waals surface area (Å²) in [6.45, 7) is 0. The second kappa shape index (κ2) is 5.32. The lowest BCUT2D eigenvalue weighted by Crippen LogP contribution is -2.35. The third kappa shape index (κ3) is 2.13. The van der Waals surface area contributed by atoms with E-state index in [4.69, 9.17) is 11.6 Å². The summed E-state index contributed by atoms with van der Waals surface area (Å²) in [5, 5.41) is 1.50. The third-order valence-corrected chi connectivity index (χ3v) is 4.29. The number of nitrogens with zero attached hydrogens (tertiary/aromatic N) is 3. The molecule has 24 heavy (non-hydrogen) atoms. The first kappa shape index (κ1) is 14.7. The van der Waals surface area contributed by atoms with Crippen molar-refractivity contribution in [2.45, 2.75) is 0 Å². The summed E-state index contributed by atoms with van der Waals surface area (Å²) in [7, 11) is 1.43. The van der Waals surface area contributed by atoms with E-state index in [9.17, 15) is 9.59 Å². The second-order valence-electron chi connectivity index (χ2n) is 5.51. The zero-order valence-electron chi connectivity index (χ0n) is 12.7. The molecular formula is C18H12ClN3O2. The predicted molar refractivity (Wildman–Crippen MR) is 94.2 cm³/mol. The van der Waals surface area contributed by atoms with Crippen molar-refractivity contribution in [1.82, 2.24) is 14.1 Å². The lowest BCUT2D eigenvalue weighted by molar-refractivity contribution is 0.766. The van der Waals surface area contributed by atoms with Gasteiger partial charge in [-0.15, -0.1) is 0 Å². The highest BCUT2D eigenvalue weighted by molar-refractivity contribution is 6.30. The first-order chi connectivity index (χ1) is 11.6. The van der Waals surface area contributed by atoms with Gasteiger partial charge in [-0.25, -0.2) is 4.79 Å². The van der Waals surface area contributed by atoms with Crippen LogP contribution in [0.2, 0.25) is 5.02 Å². The van der Waals surface area contributed by atoms with Crippen LogP contribution in [0.25, 0.3) is 28.0 Å². The average Bonchev–Trinajstić information content (AvgIpc) is 2.59. The maximum atomic E-state index is 12.5. The molecule has 118 valence electrons. The molecule has 0 aliphatic carbocycles. The molecule has 0 aromatic heterocycles. The van der Waals surface area contributed by atoms with E-state index in [0.29, 0.717) is 16.4 Å². The van der Waals surface area contributed by atoms with Gasteiger partial charge in [-0.2, -0.15) is 4.98 Å². The largest absolute Gasteiger partial charge is 0.352 e. The zero-order chi connectivity index (χ0) is 16.8. The van der Waals surface area contributed by atoms with Crippen molar-refractivity contribution < 1.29 is 0 Å². The maximum absolute atomic E-state index is 12.5. The van der Waals surface area contributed by atoms with E-state index in [1.807, 2.05) is 41.0 Å². The number of rotatable bonds is 1. The minimum absolute atomic E-state index is 0.337. The number of halogens is 1. The minimum atomic E-state index is -0.578. The Balaban J connectivity index is 2.25. The summed E-state index contributed by atoms with van der Waals surface area (Å²) in [5.41, 5.74) is 1.09. The molecule has 4 rings (SSSR count). The minimum Gasteiger partial charge on any atom is -0.294 e. The van der Waals surface area contributed by atoms with Crippen LogP contribution in [-0.2, 0) is 7.05 Å². The highest BCUT2D eigenvalue weighted by atomic mass is 35.5. The van der Waals surface area contributed by atoms with Gasteiger partial charge in [0.25, 0.3) is 5.56 Å². The van der Waals surface area contributed by atoms with E-state index in [1.54, 1.807) is 18.2 Å². The van der Waals surface area contributed by atoms with Gasteiger partial charge in [-0.1, -0.05) is 29.8 Å². The Morgan fingerprint density at radius 2 is 1.71 bits per heavy atom. The van der Waals surface area contributed by atoms with Crippen LogP contribution in [0.5, 0.6) is 0 Å². The molecule has 0 saturated carbocycles. The molecular weight excluding hydrogens is 326 g/mol.